The topological polar surface area (TPSA) is 85.3 Å². The largest absolute Gasteiger partial charge is 0.465 e. The van der Waals surface area contributed by atoms with Crippen molar-refractivity contribution in [2.24, 2.45) is 5.92 Å². The van der Waals surface area contributed by atoms with Crippen LogP contribution in [0.2, 0.25) is 0 Å². The van der Waals surface area contributed by atoms with Crippen LogP contribution in [0.4, 0.5) is 4.79 Å². The van der Waals surface area contributed by atoms with E-state index in [0.717, 1.165) is 27.9 Å². The predicted octanol–water partition coefficient (Wildman–Crippen LogP) is 4.55. The molecule has 1 aliphatic carbocycles. The molecule has 1 N–H and O–H groups in total. The summed E-state index contributed by atoms with van der Waals surface area (Å²) < 4.78 is 19.0. The predicted molar refractivity (Wildman–Crippen MR) is 134 cm³/mol. The van der Waals surface area contributed by atoms with Crippen LogP contribution in [0, 0.1) is 5.92 Å². The monoisotopic (exact) mass is 489 g/mol. The molecule has 0 bridgehead atoms. The van der Waals surface area contributed by atoms with Crippen molar-refractivity contribution in [3.63, 3.8) is 0 Å². The Morgan fingerprint density at radius 3 is 1.50 bits per heavy atom. The van der Waals surface area contributed by atoms with Crippen LogP contribution in [-0.4, -0.2) is 53.8 Å². The normalized spacial score (nSPS) is 23.3. The van der Waals surface area contributed by atoms with Gasteiger partial charge in [-0.25, -0.2) is 4.79 Å². The van der Waals surface area contributed by atoms with Gasteiger partial charge in [-0.05, 0) is 16.7 Å². The molecule has 7 nitrogen and oxygen atoms in total. The number of carbonyl (C=O) groups is 2. The zero-order chi connectivity index (χ0) is 25.3. The second kappa shape index (κ2) is 12.4. The lowest BCUT2D eigenvalue weighted by Crippen LogP contribution is -2.48. The van der Waals surface area contributed by atoms with Gasteiger partial charge in [0.2, 0.25) is 0 Å². The molecule has 188 valence electrons. The maximum atomic E-state index is 12.4. The third-order valence-corrected chi connectivity index (χ3v) is 6.52. The summed E-state index contributed by atoms with van der Waals surface area (Å²) in [5.74, 6) is -0.767. The minimum atomic E-state index is -1.15. The second-order valence-electron chi connectivity index (χ2n) is 8.88. The van der Waals surface area contributed by atoms with Crippen molar-refractivity contribution in [3.8, 4) is 0 Å². The van der Waals surface area contributed by atoms with E-state index in [1.807, 2.05) is 91.0 Å². The van der Waals surface area contributed by atoms with Crippen LogP contribution in [-0.2, 0) is 38.8 Å². The Morgan fingerprint density at radius 1 is 0.722 bits per heavy atom. The van der Waals surface area contributed by atoms with Crippen LogP contribution in [0.5, 0.6) is 0 Å². The third-order valence-electron chi connectivity index (χ3n) is 6.52. The SMILES string of the molecule is CN(C(=O)O)[C@@H]1[C@H](C=O)[C@H](OCc2ccccc2)[C@@H](OCc2ccccc2)[C@H]1OCc1ccccc1. The van der Waals surface area contributed by atoms with Crippen LogP contribution < -0.4 is 0 Å². The summed E-state index contributed by atoms with van der Waals surface area (Å²) in [7, 11) is 1.45. The molecule has 36 heavy (non-hydrogen) atoms. The molecule has 3 aromatic rings. The molecule has 0 unspecified atom stereocenters. The first-order chi connectivity index (χ1) is 17.6. The van der Waals surface area contributed by atoms with Gasteiger partial charge >= 0.3 is 6.09 Å². The molecular formula is C29H31NO6. The number of likely N-dealkylation sites (N-methyl/N-ethyl adjacent to an activating group) is 1. The molecule has 1 aliphatic rings. The minimum absolute atomic E-state index is 0.248. The molecule has 0 radical (unpaired) electrons. The first-order valence-corrected chi connectivity index (χ1v) is 12.0. The summed E-state index contributed by atoms with van der Waals surface area (Å²) >= 11 is 0. The highest BCUT2D eigenvalue weighted by molar-refractivity contribution is 5.67. The van der Waals surface area contributed by atoms with E-state index in [2.05, 4.69) is 0 Å². The molecule has 0 saturated heterocycles. The van der Waals surface area contributed by atoms with Gasteiger partial charge in [-0.15, -0.1) is 0 Å². The van der Waals surface area contributed by atoms with E-state index in [1.165, 1.54) is 7.05 Å². The Kier molecular flexibility index (Phi) is 8.84. The number of aldehydes is 1. The van der Waals surface area contributed by atoms with E-state index in [-0.39, 0.29) is 19.8 Å². The summed E-state index contributed by atoms with van der Waals surface area (Å²) in [6.07, 6.45) is -2.46. The Labute approximate surface area is 211 Å². The fraction of sp³-hybridized carbons (Fsp3) is 0.310. The van der Waals surface area contributed by atoms with Crippen molar-refractivity contribution >= 4 is 12.4 Å². The standard InChI is InChI=1S/C29H31NO6/c1-30(29(32)33)25-24(17-31)26(34-18-21-11-5-2-6-12-21)28(36-20-23-15-9-4-10-16-23)27(25)35-19-22-13-7-3-8-14-22/h2-17,24-28H,18-20H2,1H3,(H,32,33)/t24-,25+,26-,27-,28+/m0/s1. The Morgan fingerprint density at radius 2 is 1.11 bits per heavy atom. The number of amides is 1. The number of hydrogen-bond acceptors (Lipinski definition) is 5. The quantitative estimate of drug-likeness (QED) is 0.398. The molecule has 3 aromatic carbocycles. The highest BCUT2D eigenvalue weighted by Crippen LogP contribution is 2.37. The van der Waals surface area contributed by atoms with E-state index >= 15 is 0 Å². The molecule has 0 spiro atoms. The average Bonchev–Trinajstić information content (AvgIpc) is 3.22. The lowest BCUT2D eigenvalue weighted by atomic mass is 10.0. The zero-order valence-electron chi connectivity index (χ0n) is 20.2. The first kappa shape index (κ1) is 25.6. The first-order valence-electron chi connectivity index (χ1n) is 12.0. The van der Waals surface area contributed by atoms with Crippen LogP contribution in [0.15, 0.2) is 91.0 Å². The van der Waals surface area contributed by atoms with Crippen molar-refractivity contribution in [1.82, 2.24) is 4.90 Å². The van der Waals surface area contributed by atoms with Crippen molar-refractivity contribution < 1.29 is 28.9 Å². The maximum absolute atomic E-state index is 12.4. The summed E-state index contributed by atoms with van der Waals surface area (Å²) in [6.45, 7) is 0.782. The number of benzene rings is 3. The summed E-state index contributed by atoms with van der Waals surface area (Å²) in [5, 5.41) is 9.82. The molecule has 1 amide bonds. The van der Waals surface area contributed by atoms with Crippen LogP contribution in [0.25, 0.3) is 0 Å². The van der Waals surface area contributed by atoms with Gasteiger partial charge in [-0.2, -0.15) is 0 Å². The number of rotatable bonds is 11. The smallest absolute Gasteiger partial charge is 0.407 e. The zero-order valence-corrected chi connectivity index (χ0v) is 20.2. The van der Waals surface area contributed by atoms with Gasteiger partial charge in [-0.3, -0.25) is 0 Å². The Hall–Kier alpha value is -3.52. The number of hydrogen-bond donors (Lipinski definition) is 1. The summed E-state index contributed by atoms with van der Waals surface area (Å²) in [5.41, 5.74) is 2.84. The highest BCUT2D eigenvalue weighted by Gasteiger charge is 2.55. The van der Waals surface area contributed by atoms with Crippen molar-refractivity contribution in [1.29, 1.82) is 0 Å². The number of ether oxygens (including phenoxy) is 3. The number of nitrogens with zero attached hydrogens (tertiary/aromatic N) is 1. The molecule has 4 rings (SSSR count). The molecule has 1 fully saturated rings. The van der Waals surface area contributed by atoms with Crippen LogP contribution in [0.3, 0.4) is 0 Å². The minimum Gasteiger partial charge on any atom is -0.465 e. The maximum Gasteiger partial charge on any atom is 0.407 e. The molecule has 0 aliphatic heterocycles. The average molecular weight is 490 g/mol. The van der Waals surface area contributed by atoms with Gasteiger partial charge in [0, 0.05) is 7.05 Å². The van der Waals surface area contributed by atoms with Gasteiger partial charge in [0.05, 0.1) is 37.9 Å². The summed E-state index contributed by atoms with van der Waals surface area (Å²) in [4.78, 5) is 25.5. The fourth-order valence-electron chi connectivity index (χ4n) is 4.67. The third kappa shape index (κ3) is 6.18. The Balaban J connectivity index is 1.63. The molecule has 1 saturated carbocycles. The molecule has 7 heteroatoms. The van der Waals surface area contributed by atoms with Crippen molar-refractivity contribution in [2.75, 3.05) is 7.05 Å². The Bertz CT molecular complexity index is 1090. The van der Waals surface area contributed by atoms with Crippen LogP contribution >= 0.6 is 0 Å². The van der Waals surface area contributed by atoms with E-state index in [9.17, 15) is 14.7 Å². The van der Waals surface area contributed by atoms with Crippen molar-refractivity contribution in [2.45, 2.75) is 44.2 Å². The number of carbonyl (C=O) groups excluding carboxylic acids is 1. The van der Waals surface area contributed by atoms with Gasteiger partial charge < -0.3 is 29.0 Å². The van der Waals surface area contributed by atoms with E-state index in [0.29, 0.717) is 0 Å². The lowest BCUT2D eigenvalue weighted by molar-refractivity contribution is -0.133. The molecular weight excluding hydrogens is 458 g/mol. The summed E-state index contributed by atoms with van der Waals surface area (Å²) in [6, 6.07) is 28.2. The van der Waals surface area contributed by atoms with Gasteiger partial charge in [0.1, 0.15) is 18.5 Å². The van der Waals surface area contributed by atoms with Crippen LogP contribution in [0.1, 0.15) is 16.7 Å². The van der Waals surface area contributed by atoms with Gasteiger partial charge in [0.25, 0.3) is 0 Å². The van der Waals surface area contributed by atoms with E-state index < -0.39 is 36.4 Å². The fourth-order valence-corrected chi connectivity index (χ4v) is 4.67. The van der Waals surface area contributed by atoms with E-state index in [4.69, 9.17) is 14.2 Å². The molecule has 5 atom stereocenters. The van der Waals surface area contributed by atoms with Gasteiger partial charge in [-0.1, -0.05) is 91.0 Å². The molecule has 0 heterocycles. The van der Waals surface area contributed by atoms with E-state index in [1.54, 1.807) is 0 Å². The second-order valence-corrected chi connectivity index (χ2v) is 8.88. The highest BCUT2D eigenvalue weighted by atomic mass is 16.6. The van der Waals surface area contributed by atoms with Crippen molar-refractivity contribution in [3.05, 3.63) is 108 Å². The van der Waals surface area contributed by atoms with Gasteiger partial charge in [0.15, 0.2) is 0 Å². The molecule has 0 aromatic heterocycles. The lowest BCUT2D eigenvalue weighted by Gasteiger charge is -2.31. The number of carboxylic acid groups (broad SMARTS) is 1.